The van der Waals surface area contributed by atoms with Crippen molar-refractivity contribution < 1.29 is 8.81 Å². The van der Waals surface area contributed by atoms with E-state index in [9.17, 15) is 4.79 Å². The molecule has 4 aromatic rings. The molecule has 2 aromatic carbocycles. The Hall–Kier alpha value is -3.32. The molecule has 7 heteroatoms. The molecule has 0 radical (unpaired) electrons. The highest BCUT2D eigenvalue weighted by molar-refractivity contribution is 5.85. The van der Waals surface area contributed by atoms with Gasteiger partial charge in [0, 0.05) is 31.3 Å². The summed E-state index contributed by atoms with van der Waals surface area (Å²) in [6.07, 6.45) is 7.51. The summed E-state index contributed by atoms with van der Waals surface area (Å²) >= 11 is 0. The standard InChI is InChI=1S/C31H35FN4O2/c1-19-7-6-10-36(15-19)16-23-12-25-28(37)26(17-38-29(25)21(3)27(23)32)22-8-5-9-24(11-22)31(13-20(2)14-31)30-34-33-18-35(30)4/h5,8-9,11-12,17-20H,6-7,10,13-16H2,1-4H3. The predicted octanol–water partition coefficient (Wildman–Crippen LogP) is 5.98. The van der Waals surface area contributed by atoms with Crippen LogP contribution in [-0.2, 0) is 19.0 Å². The second-order valence-electron chi connectivity index (χ2n) is 11.8. The molecule has 0 bridgehead atoms. The van der Waals surface area contributed by atoms with E-state index in [1.807, 2.05) is 23.7 Å². The van der Waals surface area contributed by atoms with Gasteiger partial charge >= 0.3 is 0 Å². The van der Waals surface area contributed by atoms with Crippen LogP contribution in [0.5, 0.6) is 0 Å². The van der Waals surface area contributed by atoms with Gasteiger partial charge in [-0.25, -0.2) is 4.39 Å². The quantitative estimate of drug-likeness (QED) is 0.328. The van der Waals surface area contributed by atoms with Crippen molar-refractivity contribution in [2.24, 2.45) is 18.9 Å². The lowest BCUT2D eigenvalue weighted by Crippen LogP contribution is -2.43. The van der Waals surface area contributed by atoms with Crippen molar-refractivity contribution in [1.82, 2.24) is 19.7 Å². The lowest BCUT2D eigenvalue weighted by Gasteiger charge is -2.46. The van der Waals surface area contributed by atoms with Crippen LogP contribution in [0.4, 0.5) is 4.39 Å². The molecule has 1 atom stereocenters. The number of halogens is 1. The number of hydrogen-bond acceptors (Lipinski definition) is 5. The zero-order chi connectivity index (χ0) is 26.6. The van der Waals surface area contributed by atoms with Gasteiger partial charge in [-0.2, -0.15) is 0 Å². The Morgan fingerprint density at radius 2 is 2.00 bits per heavy atom. The Morgan fingerprint density at radius 1 is 1.18 bits per heavy atom. The number of fused-ring (bicyclic) bond motifs is 1. The lowest BCUT2D eigenvalue weighted by molar-refractivity contribution is 0.175. The summed E-state index contributed by atoms with van der Waals surface area (Å²) in [5.41, 5.74) is 3.34. The highest BCUT2D eigenvalue weighted by Gasteiger charge is 2.48. The molecular weight excluding hydrogens is 479 g/mol. The highest BCUT2D eigenvalue weighted by Crippen LogP contribution is 2.51. The molecule has 1 aliphatic carbocycles. The third-order valence-corrected chi connectivity index (χ3v) is 8.69. The van der Waals surface area contributed by atoms with Crippen molar-refractivity contribution in [2.45, 2.75) is 58.4 Å². The van der Waals surface area contributed by atoms with E-state index in [1.54, 1.807) is 19.3 Å². The molecule has 0 amide bonds. The van der Waals surface area contributed by atoms with E-state index in [1.165, 1.54) is 12.7 Å². The summed E-state index contributed by atoms with van der Waals surface area (Å²) in [5, 5.41) is 9.02. The molecule has 38 heavy (non-hydrogen) atoms. The number of benzene rings is 2. The Balaban J connectivity index is 1.42. The number of piperidine rings is 1. The second-order valence-corrected chi connectivity index (χ2v) is 11.8. The van der Waals surface area contributed by atoms with Crippen LogP contribution in [0.3, 0.4) is 0 Å². The minimum atomic E-state index is -0.279. The second kappa shape index (κ2) is 9.45. The van der Waals surface area contributed by atoms with E-state index in [4.69, 9.17) is 4.42 Å². The SMILES string of the molecule is Cc1c(F)c(CN2CCCC(C)C2)cc2c(=O)c(-c3cccc(C4(c5nncn5C)CC(C)C4)c3)coc12. The van der Waals surface area contributed by atoms with Crippen molar-refractivity contribution in [3.8, 4) is 11.1 Å². The highest BCUT2D eigenvalue weighted by atomic mass is 19.1. The minimum Gasteiger partial charge on any atom is -0.463 e. The maximum absolute atomic E-state index is 15.4. The molecule has 2 aromatic heterocycles. The van der Waals surface area contributed by atoms with Gasteiger partial charge in [-0.15, -0.1) is 10.2 Å². The average molecular weight is 515 g/mol. The van der Waals surface area contributed by atoms with Crippen molar-refractivity contribution in [2.75, 3.05) is 13.1 Å². The summed E-state index contributed by atoms with van der Waals surface area (Å²) in [7, 11) is 1.98. The molecule has 0 N–H and O–H groups in total. The van der Waals surface area contributed by atoms with Gasteiger partial charge in [0.05, 0.1) is 16.4 Å². The Bertz CT molecular complexity index is 1570. The fraction of sp³-hybridized carbons (Fsp3) is 0.452. The van der Waals surface area contributed by atoms with Crippen molar-refractivity contribution in [3.05, 3.63) is 81.5 Å². The van der Waals surface area contributed by atoms with Gasteiger partial charge in [-0.05, 0) is 74.2 Å². The largest absolute Gasteiger partial charge is 0.463 e. The van der Waals surface area contributed by atoms with Crippen molar-refractivity contribution >= 4 is 11.0 Å². The van der Waals surface area contributed by atoms with Crippen LogP contribution in [0, 0.1) is 24.6 Å². The van der Waals surface area contributed by atoms with Crippen molar-refractivity contribution in [1.29, 1.82) is 0 Å². The van der Waals surface area contributed by atoms with Crippen LogP contribution >= 0.6 is 0 Å². The smallest absolute Gasteiger partial charge is 0.200 e. The number of aromatic nitrogens is 3. The fourth-order valence-corrected chi connectivity index (χ4v) is 6.85. The van der Waals surface area contributed by atoms with E-state index in [2.05, 4.69) is 41.1 Å². The van der Waals surface area contributed by atoms with Crippen LogP contribution in [0.15, 0.2) is 52.1 Å². The molecule has 1 saturated carbocycles. The van der Waals surface area contributed by atoms with Gasteiger partial charge in [-0.1, -0.05) is 32.0 Å². The zero-order valence-electron chi connectivity index (χ0n) is 22.6. The Kier molecular flexibility index (Phi) is 6.22. The summed E-state index contributed by atoms with van der Waals surface area (Å²) in [5.74, 6) is 1.85. The van der Waals surface area contributed by atoms with Gasteiger partial charge in [0.25, 0.3) is 0 Å². The molecule has 6 nitrogen and oxygen atoms in total. The molecule has 2 aliphatic rings. The first-order chi connectivity index (χ1) is 18.3. The number of nitrogens with zero attached hydrogens (tertiary/aromatic N) is 4. The summed E-state index contributed by atoms with van der Waals surface area (Å²) in [6.45, 7) is 8.59. The Labute approximate surface area is 222 Å². The zero-order valence-corrected chi connectivity index (χ0v) is 22.6. The van der Waals surface area contributed by atoms with Gasteiger partial charge < -0.3 is 8.98 Å². The van der Waals surface area contributed by atoms with Gasteiger partial charge in [0.1, 0.15) is 29.8 Å². The van der Waals surface area contributed by atoms with Crippen molar-refractivity contribution in [3.63, 3.8) is 0 Å². The molecule has 1 aliphatic heterocycles. The first kappa shape index (κ1) is 25.0. The molecule has 6 rings (SSSR count). The average Bonchev–Trinajstić information content (AvgIpc) is 3.31. The van der Waals surface area contributed by atoms with E-state index in [0.717, 1.165) is 49.3 Å². The first-order valence-corrected chi connectivity index (χ1v) is 13.7. The maximum Gasteiger partial charge on any atom is 0.200 e. The number of hydrogen-bond donors (Lipinski definition) is 0. The molecule has 1 saturated heterocycles. The van der Waals surface area contributed by atoms with Crippen LogP contribution < -0.4 is 5.43 Å². The summed E-state index contributed by atoms with van der Waals surface area (Å²) in [4.78, 5) is 16.1. The third kappa shape index (κ3) is 4.08. The molecule has 198 valence electrons. The van der Waals surface area contributed by atoms with Crippen LogP contribution in [0.25, 0.3) is 22.1 Å². The summed E-state index contributed by atoms with van der Waals surface area (Å²) < 4.78 is 23.3. The van der Waals surface area contributed by atoms with Crippen LogP contribution in [0.2, 0.25) is 0 Å². The molecule has 1 unspecified atom stereocenters. The number of likely N-dealkylation sites (tertiary alicyclic amines) is 1. The van der Waals surface area contributed by atoms with E-state index in [-0.39, 0.29) is 16.7 Å². The number of aryl methyl sites for hydroxylation is 2. The minimum absolute atomic E-state index is 0.130. The van der Waals surface area contributed by atoms with Gasteiger partial charge in [0.2, 0.25) is 5.43 Å². The van der Waals surface area contributed by atoms with Crippen LogP contribution in [0.1, 0.15) is 62.0 Å². The van der Waals surface area contributed by atoms with Gasteiger partial charge in [0.15, 0.2) is 0 Å². The number of rotatable bonds is 5. The molecule has 0 spiro atoms. The summed E-state index contributed by atoms with van der Waals surface area (Å²) in [6, 6.07) is 9.86. The van der Waals surface area contributed by atoms with Crippen LogP contribution in [-0.4, -0.2) is 32.8 Å². The molecular formula is C31H35FN4O2. The van der Waals surface area contributed by atoms with E-state index >= 15 is 4.39 Å². The van der Waals surface area contributed by atoms with Gasteiger partial charge in [-0.3, -0.25) is 9.69 Å². The fourth-order valence-electron chi connectivity index (χ4n) is 6.85. The predicted molar refractivity (Wildman–Crippen MR) is 146 cm³/mol. The Morgan fingerprint density at radius 3 is 2.71 bits per heavy atom. The third-order valence-electron chi connectivity index (χ3n) is 8.69. The normalized spacial score (nSPS) is 24.0. The first-order valence-electron chi connectivity index (χ1n) is 13.7. The lowest BCUT2D eigenvalue weighted by atomic mass is 9.58. The maximum atomic E-state index is 15.4. The molecule has 3 heterocycles. The monoisotopic (exact) mass is 514 g/mol. The van der Waals surface area contributed by atoms with E-state index in [0.29, 0.717) is 46.0 Å². The molecule has 2 fully saturated rings. The van der Waals surface area contributed by atoms with E-state index < -0.39 is 0 Å². The topological polar surface area (TPSA) is 64.2 Å².